The Balaban J connectivity index is 4.04. The molecule has 0 aromatic heterocycles. The van der Waals surface area contributed by atoms with Gasteiger partial charge in [-0.3, -0.25) is 0 Å². The maximum absolute atomic E-state index is 9.71. The van der Waals surface area contributed by atoms with E-state index in [1.807, 2.05) is 19.9 Å². The van der Waals surface area contributed by atoms with Crippen molar-refractivity contribution in [1.29, 1.82) is 0 Å². The van der Waals surface area contributed by atoms with Gasteiger partial charge in [-0.15, -0.1) is 13.2 Å². The Morgan fingerprint density at radius 2 is 1.93 bits per heavy atom. The van der Waals surface area contributed by atoms with E-state index < -0.39 is 6.29 Å². The maximum Gasteiger partial charge on any atom is 0.161 e. The fourth-order valence-electron chi connectivity index (χ4n) is 1.29. The molecule has 0 fully saturated rings. The molecule has 0 aliphatic heterocycles. The molecule has 2 heteroatoms. The quantitative estimate of drug-likeness (QED) is 0.480. The highest BCUT2D eigenvalue weighted by Gasteiger charge is 2.18. The van der Waals surface area contributed by atoms with Crippen molar-refractivity contribution in [2.24, 2.45) is 5.92 Å². The Kier molecular flexibility index (Phi) is 7.44. The Bertz CT molecular complexity index is 166. The average molecular weight is 198 g/mol. The van der Waals surface area contributed by atoms with Crippen LogP contribution in [0.5, 0.6) is 0 Å². The standard InChI is InChI=1S/C12H22O2/c1-5-9-11(8-4)14-12(13)10(6-2)7-3/h5-6,10-13H,1-2,7-9H2,3-4H3. The van der Waals surface area contributed by atoms with Crippen molar-refractivity contribution in [3.05, 3.63) is 25.3 Å². The fourth-order valence-corrected chi connectivity index (χ4v) is 1.29. The lowest BCUT2D eigenvalue weighted by atomic mass is 10.1. The van der Waals surface area contributed by atoms with E-state index in [-0.39, 0.29) is 12.0 Å². The van der Waals surface area contributed by atoms with Gasteiger partial charge in [0.2, 0.25) is 0 Å². The number of aliphatic hydroxyl groups is 1. The second-order valence-electron chi connectivity index (χ2n) is 3.39. The summed E-state index contributed by atoms with van der Waals surface area (Å²) >= 11 is 0. The van der Waals surface area contributed by atoms with Crippen molar-refractivity contribution >= 4 is 0 Å². The minimum Gasteiger partial charge on any atom is -0.367 e. The third-order valence-corrected chi connectivity index (χ3v) is 2.36. The van der Waals surface area contributed by atoms with Gasteiger partial charge in [0.05, 0.1) is 6.10 Å². The van der Waals surface area contributed by atoms with Crippen LogP contribution in [0.2, 0.25) is 0 Å². The zero-order chi connectivity index (χ0) is 11.0. The van der Waals surface area contributed by atoms with Crippen molar-refractivity contribution < 1.29 is 9.84 Å². The first-order valence-electron chi connectivity index (χ1n) is 5.26. The van der Waals surface area contributed by atoms with Crippen LogP contribution in [0.15, 0.2) is 25.3 Å². The Morgan fingerprint density at radius 1 is 1.29 bits per heavy atom. The highest BCUT2D eigenvalue weighted by molar-refractivity contribution is 4.81. The van der Waals surface area contributed by atoms with Crippen molar-refractivity contribution in [1.82, 2.24) is 0 Å². The van der Waals surface area contributed by atoms with E-state index in [9.17, 15) is 5.11 Å². The average Bonchev–Trinajstić information content (AvgIpc) is 2.19. The van der Waals surface area contributed by atoms with Crippen molar-refractivity contribution in [2.75, 3.05) is 0 Å². The molecule has 3 unspecified atom stereocenters. The van der Waals surface area contributed by atoms with Crippen molar-refractivity contribution in [2.45, 2.75) is 45.5 Å². The molecular weight excluding hydrogens is 176 g/mol. The van der Waals surface area contributed by atoms with Crippen molar-refractivity contribution in [3.63, 3.8) is 0 Å². The molecule has 0 heterocycles. The van der Waals surface area contributed by atoms with Gasteiger partial charge in [-0.2, -0.15) is 0 Å². The zero-order valence-corrected chi connectivity index (χ0v) is 9.28. The van der Waals surface area contributed by atoms with Gasteiger partial charge in [0.15, 0.2) is 6.29 Å². The number of hydrogen-bond acceptors (Lipinski definition) is 2. The molecule has 14 heavy (non-hydrogen) atoms. The number of rotatable bonds is 8. The summed E-state index contributed by atoms with van der Waals surface area (Å²) in [5.74, 6) is 0.0221. The second-order valence-corrected chi connectivity index (χ2v) is 3.39. The van der Waals surface area contributed by atoms with Crippen LogP contribution in [0.3, 0.4) is 0 Å². The van der Waals surface area contributed by atoms with Gasteiger partial charge in [-0.25, -0.2) is 0 Å². The van der Waals surface area contributed by atoms with E-state index in [0.717, 1.165) is 19.3 Å². The second kappa shape index (κ2) is 7.77. The molecule has 0 radical (unpaired) electrons. The first-order valence-corrected chi connectivity index (χ1v) is 5.26. The molecule has 2 nitrogen and oxygen atoms in total. The van der Waals surface area contributed by atoms with Gasteiger partial charge in [0, 0.05) is 5.92 Å². The molecule has 0 aliphatic carbocycles. The SMILES string of the molecule is C=CCC(CC)OC(O)C(C=C)CC. The summed E-state index contributed by atoms with van der Waals surface area (Å²) in [4.78, 5) is 0. The largest absolute Gasteiger partial charge is 0.367 e. The summed E-state index contributed by atoms with van der Waals surface area (Å²) in [6.07, 6.45) is 5.40. The van der Waals surface area contributed by atoms with E-state index in [0.29, 0.717) is 0 Å². The predicted octanol–water partition coefficient (Wildman–Crippen LogP) is 2.89. The third kappa shape index (κ3) is 4.58. The van der Waals surface area contributed by atoms with Crippen LogP contribution in [-0.2, 0) is 4.74 Å². The van der Waals surface area contributed by atoms with Crippen LogP contribution in [-0.4, -0.2) is 17.5 Å². The zero-order valence-electron chi connectivity index (χ0n) is 9.28. The van der Waals surface area contributed by atoms with Gasteiger partial charge in [-0.1, -0.05) is 26.0 Å². The summed E-state index contributed by atoms with van der Waals surface area (Å²) in [6, 6.07) is 0. The van der Waals surface area contributed by atoms with E-state index >= 15 is 0 Å². The topological polar surface area (TPSA) is 29.5 Å². The number of ether oxygens (including phenoxy) is 1. The molecule has 82 valence electrons. The summed E-state index contributed by atoms with van der Waals surface area (Å²) in [6.45, 7) is 11.4. The molecule has 0 aromatic carbocycles. The molecule has 3 atom stereocenters. The monoisotopic (exact) mass is 198 g/mol. The Morgan fingerprint density at radius 3 is 2.29 bits per heavy atom. The summed E-state index contributed by atoms with van der Waals surface area (Å²) < 4.78 is 5.50. The Hall–Kier alpha value is -0.600. The van der Waals surface area contributed by atoms with Gasteiger partial charge < -0.3 is 9.84 Å². The lowest BCUT2D eigenvalue weighted by Crippen LogP contribution is -2.27. The molecule has 0 spiro atoms. The van der Waals surface area contributed by atoms with Gasteiger partial charge in [0.1, 0.15) is 0 Å². The van der Waals surface area contributed by atoms with E-state index in [1.54, 1.807) is 6.08 Å². The summed E-state index contributed by atoms with van der Waals surface area (Å²) in [5.41, 5.74) is 0. The molecule has 0 aliphatic rings. The van der Waals surface area contributed by atoms with Gasteiger partial charge in [-0.05, 0) is 19.3 Å². The molecule has 0 saturated carbocycles. The molecule has 1 N–H and O–H groups in total. The summed E-state index contributed by atoms with van der Waals surface area (Å²) in [7, 11) is 0. The number of aliphatic hydroxyl groups excluding tert-OH is 1. The molecule has 0 bridgehead atoms. The van der Waals surface area contributed by atoms with Crippen molar-refractivity contribution in [3.8, 4) is 0 Å². The van der Waals surface area contributed by atoms with E-state index in [4.69, 9.17) is 4.74 Å². The first-order chi connectivity index (χ1) is 6.69. The molecule has 0 rings (SSSR count). The molecule has 0 amide bonds. The minimum atomic E-state index is -0.734. The van der Waals surface area contributed by atoms with Crippen LogP contribution in [0.1, 0.15) is 33.1 Å². The highest BCUT2D eigenvalue weighted by atomic mass is 16.6. The minimum absolute atomic E-state index is 0.0221. The third-order valence-electron chi connectivity index (χ3n) is 2.36. The van der Waals surface area contributed by atoms with Gasteiger partial charge in [0.25, 0.3) is 0 Å². The van der Waals surface area contributed by atoms with E-state index in [2.05, 4.69) is 13.2 Å². The molecule has 0 aromatic rings. The normalized spacial score (nSPS) is 17.1. The molecule has 0 saturated heterocycles. The van der Waals surface area contributed by atoms with Crippen LogP contribution < -0.4 is 0 Å². The first kappa shape index (κ1) is 13.4. The lowest BCUT2D eigenvalue weighted by Gasteiger charge is -2.23. The number of hydrogen-bond donors (Lipinski definition) is 1. The maximum atomic E-state index is 9.71. The molecular formula is C12H22O2. The van der Waals surface area contributed by atoms with Crippen LogP contribution in [0.25, 0.3) is 0 Å². The van der Waals surface area contributed by atoms with Crippen LogP contribution >= 0.6 is 0 Å². The highest BCUT2D eigenvalue weighted by Crippen LogP contribution is 2.15. The van der Waals surface area contributed by atoms with Gasteiger partial charge >= 0.3 is 0 Å². The smallest absolute Gasteiger partial charge is 0.161 e. The Labute approximate surface area is 87.3 Å². The predicted molar refractivity (Wildman–Crippen MR) is 60.0 cm³/mol. The lowest BCUT2D eigenvalue weighted by molar-refractivity contribution is -0.156. The fraction of sp³-hybridized carbons (Fsp3) is 0.667. The van der Waals surface area contributed by atoms with Crippen LogP contribution in [0.4, 0.5) is 0 Å². The van der Waals surface area contributed by atoms with E-state index in [1.165, 1.54) is 0 Å². The van der Waals surface area contributed by atoms with Crippen LogP contribution in [0, 0.1) is 5.92 Å². The summed E-state index contributed by atoms with van der Waals surface area (Å²) in [5, 5.41) is 9.71.